The first-order chi connectivity index (χ1) is 16.0. The molecule has 3 heterocycles. The molecule has 2 aromatic carbocycles. The number of carbonyl (C=O) groups is 3. The zero-order valence-electron chi connectivity index (χ0n) is 18.3. The Balaban J connectivity index is 1.24. The maximum atomic E-state index is 12.7. The van der Waals surface area contributed by atoms with Gasteiger partial charge in [0.1, 0.15) is 0 Å². The summed E-state index contributed by atoms with van der Waals surface area (Å²) in [6, 6.07) is 13.8. The number of aromatic nitrogens is 1. The van der Waals surface area contributed by atoms with Crippen LogP contribution in [0.2, 0.25) is 0 Å². The largest absolute Gasteiger partial charge is 0.298 e. The van der Waals surface area contributed by atoms with E-state index in [1.54, 1.807) is 48.5 Å². The smallest absolute Gasteiger partial charge is 0.266 e. The van der Waals surface area contributed by atoms with Gasteiger partial charge in [-0.1, -0.05) is 18.6 Å². The van der Waals surface area contributed by atoms with Gasteiger partial charge in [0.25, 0.3) is 17.7 Å². The van der Waals surface area contributed by atoms with Crippen molar-refractivity contribution in [2.75, 3.05) is 16.8 Å². The van der Waals surface area contributed by atoms with E-state index in [-0.39, 0.29) is 17.7 Å². The van der Waals surface area contributed by atoms with E-state index in [4.69, 9.17) is 0 Å². The summed E-state index contributed by atoms with van der Waals surface area (Å²) in [7, 11) is 0. The van der Waals surface area contributed by atoms with Crippen LogP contribution in [0.1, 0.15) is 62.1 Å². The SMILES string of the molecule is CC1CCCCN1Cc1cnc(NC(=O)c2ccc(N3C(=O)c4ccccc4C3=O)cc2)s1. The molecule has 1 N–H and O–H groups in total. The number of fused-ring (bicyclic) bond motifs is 1. The molecule has 1 fully saturated rings. The molecule has 5 rings (SSSR count). The third-order valence-corrected chi connectivity index (χ3v) is 7.15. The van der Waals surface area contributed by atoms with E-state index in [2.05, 4.69) is 22.1 Å². The van der Waals surface area contributed by atoms with E-state index >= 15 is 0 Å². The number of carbonyl (C=O) groups excluding carboxylic acids is 3. The molecule has 1 unspecified atom stereocenters. The minimum atomic E-state index is -0.355. The van der Waals surface area contributed by atoms with E-state index in [1.165, 1.54) is 30.6 Å². The van der Waals surface area contributed by atoms with Crippen LogP contribution in [0.4, 0.5) is 10.8 Å². The number of anilines is 2. The van der Waals surface area contributed by atoms with Crippen LogP contribution in [-0.2, 0) is 6.54 Å². The highest BCUT2D eigenvalue weighted by molar-refractivity contribution is 7.15. The number of nitrogens with zero attached hydrogens (tertiary/aromatic N) is 3. The van der Waals surface area contributed by atoms with Crippen molar-refractivity contribution in [1.82, 2.24) is 9.88 Å². The Morgan fingerprint density at radius 2 is 1.76 bits per heavy atom. The highest BCUT2D eigenvalue weighted by Gasteiger charge is 2.36. The molecule has 168 valence electrons. The molecule has 2 aliphatic heterocycles. The molecule has 0 radical (unpaired) electrons. The fourth-order valence-corrected chi connectivity index (χ4v) is 5.22. The molecule has 1 atom stereocenters. The zero-order valence-corrected chi connectivity index (χ0v) is 19.1. The van der Waals surface area contributed by atoms with Crippen LogP contribution >= 0.6 is 11.3 Å². The lowest BCUT2D eigenvalue weighted by Gasteiger charge is -2.32. The Morgan fingerprint density at radius 3 is 2.42 bits per heavy atom. The van der Waals surface area contributed by atoms with E-state index in [9.17, 15) is 14.4 Å². The molecule has 2 aliphatic rings. The molecular formula is C25H24N4O3S. The molecule has 0 spiro atoms. The van der Waals surface area contributed by atoms with Gasteiger partial charge in [-0.3, -0.25) is 24.6 Å². The monoisotopic (exact) mass is 460 g/mol. The summed E-state index contributed by atoms with van der Waals surface area (Å²) in [5.41, 5.74) is 1.65. The number of hydrogen-bond donors (Lipinski definition) is 1. The zero-order chi connectivity index (χ0) is 22.9. The molecule has 0 saturated carbocycles. The van der Waals surface area contributed by atoms with Gasteiger partial charge < -0.3 is 0 Å². The Morgan fingerprint density at radius 1 is 1.06 bits per heavy atom. The third-order valence-electron chi connectivity index (χ3n) is 6.26. The fourth-order valence-electron chi connectivity index (χ4n) is 4.39. The molecular weight excluding hydrogens is 436 g/mol. The highest BCUT2D eigenvalue weighted by Crippen LogP contribution is 2.29. The lowest BCUT2D eigenvalue weighted by atomic mass is 10.0. The van der Waals surface area contributed by atoms with Gasteiger partial charge in [0.15, 0.2) is 5.13 Å². The van der Waals surface area contributed by atoms with Crippen molar-refractivity contribution in [2.45, 2.75) is 38.8 Å². The number of nitrogens with one attached hydrogen (secondary N) is 1. The number of rotatable bonds is 5. The topological polar surface area (TPSA) is 82.6 Å². The van der Waals surface area contributed by atoms with Crippen LogP contribution in [0.5, 0.6) is 0 Å². The van der Waals surface area contributed by atoms with E-state index < -0.39 is 0 Å². The van der Waals surface area contributed by atoms with Crippen molar-refractivity contribution in [3.8, 4) is 0 Å². The van der Waals surface area contributed by atoms with Crippen LogP contribution in [0.3, 0.4) is 0 Å². The Kier molecular flexibility index (Phi) is 5.78. The number of hydrogen-bond acceptors (Lipinski definition) is 6. The van der Waals surface area contributed by atoms with Gasteiger partial charge in [-0.15, -0.1) is 11.3 Å². The lowest BCUT2D eigenvalue weighted by molar-refractivity contribution is 0.0925. The van der Waals surface area contributed by atoms with Gasteiger partial charge in [-0.25, -0.2) is 9.88 Å². The summed E-state index contributed by atoms with van der Waals surface area (Å²) in [6.45, 7) is 4.21. The number of amides is 3. The summed E-state index contributed by atoms with van der Waals surface area (Å²) < 4.78 is 0. The summed E-state index contributed by atoms with van der Waals surface area (Å²) in [4.78, 5) is 47.1. The first-order valence-corrected chi connectivity index (χ1v) is 11.9. The van der Waals surface area contributed by atoms with Crippen molar-refractivity contribution < 1.29 is 14.4 Å². The van der Waals surface area contributed by atoms with E-state index in [0.29, 0.717) is 33.6 Å². The van der Waals surface area contributed by atoms with Crippen molar-refractivity contribution in [2.24, 2.45) is 0 Å². The number of imide groups is 1. The molecule has 3 amide bonds. The maximum absolute atomic E-state index is 12.7. The predicted molar refractivity (Wildman–Crippen MR) is 128 cm³/mol. The Labute approximate surface area is 196 Å². The first-order valence-electron chi connectivity index (χ1n) is 11.1. The van der Waals surface area contributed by atoms with Crippen molar-refractivity contribution in [1.29, 1.82) is 0 Å². The number of likely N-dealkylation sites (tertiary alicyclic amines) is 1. The minimum absolute atomic E-state index is 0.281. The second kappa shape index (κ2) is 8.88. The van der Waals surface area contributed by atoms with Crippen LogP contribution in [0.15, 0.2) is 54.7 Å². The average molecular weight is 461 g/mol. The third kappa shape index (κ3) is 4.19. The first kappa shape index (κ1) is 21.5. The molecule has 7 nitrogen and oxygen atoms in total. The van der Waals surface area contributed by atoms with Crippen LogP contribution in [0.25, 0.3) is 0 Å². The normalized spacial score (nSPS) is 18.5. The van der Waals surface area contributed by atoms with E-state index in [0.717, 1.165) is 22.9 Å². The number of thiazole rings is 1. The molecule has 0 bridgehead atoms. The number of piperidine rings is 1. The van der Waals surface area contributed by atoms with Gasteiger partial charge in [-0.05, 0) is 62.7 Å². The molecule has 1 aromatic heterocycles. The molecule has 8 heteroatoms. The fraction of sp³-hybridized carbons (Fsp3) is 0.280. The van der Waals surface area contributed by atoms with Crippen LogP contribution in [0, 0.1) is 0 Å². The van der Waals surface area contributed by atoms with Crippen molar-refractivity contribution >= 4 is 39.9 Å². The van der Waals surface area contributed by atoms with Crippen molar-refractivity contribution in [3.63, 3.8) is 0 Å². The second-order valence-electron chi connectivity index (χ2n) is 8.44. The van der Waals surface area contributed by atoms with Gasteiger partial charge in [0, 0.05) is 29.2 Å². The summed E-state index contributed by atoms with van der Waals surface area (Å²) in [6.07, 6.45) is 5.56. The van der Waals surface area contributed by atoms with Gasteiger partial charge in [-0.2, -0.15) is 0 Å². The van der Waals surface area contributed by atoms with Gasteiger partial charge >= 0.3 is 0 Å². The number of benzene rings is 2. The molecule has 33 heavy (non-hydrogen) atoms. The Hall–Kier alpha value is -3.36. The standard InChI is InChI=1S/C25H24N4O3S/c1-16-6-4-5-13-28(16)15-19-14-26-25(33-19)27-22(30)17-9-11-18(12-10-17)29-23(31)20-7-2-3-8-21(20)24(29)32/h2-3,7-12,14,16H,4-6,13,15H2,1H3,(H,26,27,30). The van der Waals surface area contributed by atoms with Gasteiger partial charge in [0.2, 0.25) is 0 Å². The minimum Gasteiger partial charge on any atom is -0.298 e. The maximum Gasteiger partial charge on any atom is 0.266 e. The van der Waals surface area contributed by atoms with Crippen LogP contribution in [-0.4, -0.2) is 40.2 Å². The molecule has 1 saturated heterocycles. The summed E-state index contributed by atoms with van der Waals surface area (Å²) in [5.74, 6) is -0.992. The van der Waals surface area contributed by atoms with Gasteiger partial charge in [0.05, 0.1) is 16.8 Å². The quantitative estimate of drug-likeness (QED) is 0.564. The molecule has 0 aliphatic carbocycles. The van der Waals surface area contributed by atoms with E-state index in [1.807, 2.05) is 6.20 Å². The van der Waals surface area contributed by atoms with Crippen LogP contribution < -0.4 is 10.2 Å². The second-order valence-corrected chi connectivity index (χ2v) is 9.55. The lowest BCUT2D eigenvalue weighted by Crippen LogP contribution is -2.36. The summed E-state index contributed by atoms with van der Waals surface area (Å²) in [5, 5.41) is 3.41. The molecule has 3 aromatic rings. The predicted octanol–water partition coefficient (Wildman–Crippen LogP) is 4.57. The average Bonchev–Trinajstić information content (AvgIpc) is 3.37. The highest BCUT2D eigenvalue weighted by atomic mass is 32.1. The Bertz CT molecular complexity index is 1190. The summed E-state index contributed by atoms with van der Waals surface area (Å²) >= 11 is 1.49. The van der Waals surface area contributed by atoms with Crippen molar-refractivity contribution in [3.05, 3.63) is 76.3 Å².